The molecule has 12 rings (SSSR count). The lowest BCUT2D eigenvalue weighted by molar-refractivity contribution is 0.662. The van der Waals surface area contributed by atoms with E-state index in [-0.39, 0.29) is 5.41 Å². The maximum absolute atomic E-state index is 5.41. The van der Waals surface area contributed by atoms with E-state index in [0.29, 0.717) is 0 Å². The van der Waals surface area contributed by atoms with Crippen molar-refractivity contribution in [1.29, 1.82) is 0 Å². The summed E-state index contributed by atoms with van der Waals surface area (Å²) in [5.41, 5.74) is 18.1. The smallest absolute Gasteiger partial charge is 0.0759 e. The van der Waals surface area contributed by atoms with E-state index < -0.39 is 0 Å². The van der Waals surface area contributed by atoms with E-state index in [0.717, 1.165) is 11.2 Å². The minimum atomic E-state index is -0.208. The monoisotopic (exact) mass is 775 g/mol. The molecule has 1 heterocycles. The Morgan fingerprint density at radius 1 is 0.344 bits per heavy atom. The summed E-state index contributed by atoms with van der Waals surface area (Å²) in [4.78, 5) is 5.41. The number of aromatic nitrogens is 1. The van der Waals surface area contributed by atoms with Crippen LogP contribution in [0.2, 0.25) is 0 Å². The van der Waals surface area contributed by atoms with Crippen molar-refractivity contribution in [2.45, 2.75) is 19.3 Å². The van der Waals surface area contributed by atoms with Gasteiger partial charge in [0.25, 0.3) is 0 Å². The first-order valence-corrected chi connectivity index (χ1v) is 21.3. The van der Waals surface area contributed by atoms with Crippen molar-refractivity contribution < 1.29 is 0 Å². The van der Waals surface area contributed by atoms with E-state index in [1.165, 1.54) is 110 Å². The Morgan fingerprint density at radius 3 is 1.57 bits per heavy atom. The van der Waals surface area contributed by atoms with Crippen LogP contribution in [-0.4, -0.2) is 4.98 Å². The van der Waals surface area contributed by atoms with Gasteiger partial charge in [-0.2, -0.15) is 0 Å². The van der Waals surface area contributed by atoms with Gasteiger partial charge in [0.2, 0.25) is 0 Å². The van der Waals surface area contributed by atoms with Gasteiger partial charge in [-0.25, -0.2) is 4.98 Å². The number of benzene rings is 10. The maximum Gasteiger partial charge on any atom is 0.0759 e. The highest BCUT2D eigenvalue weighted by Crippen LogP contribution is 2.54. The number of hydrogen-bond acceptors (Lipinski definition) is 1. The summed E-state index contributed by atoms with van der Waals surface area (Å²) in [6.07, 6.45) is 0. The Balaban J connectivity index is 1.01. The normalized spacial score (nSPS) is 12.9. The van der Waals surface area contributed by atoms with E-state index in [1.54, 1.807) is 0 Å². The van der Waals surface area contributed by atoms with Crippen LogP contribution in [0, 0.1) is 0 Å². The third-order valence-corrected chi connectivity index (χ3v) is 13.2. The molecule has 11 aromatic rings. The van der Waals surface area contributed by atoms with E-state index in [1.807, 2.05) is 0 Å². The van der Waals surface area contributed by atoms with Crippen LogP contribution in [0.1, 0.15) is 25.0 Å². The van der Waals surface area contributed by atoms with Crippen molar-refractivity contribution in [2.24, 2.45) is 0 Å². The Morgan fingerprint density at radius 2 is 0.852 bits per heavy atom. The maximum atomic E-state index is 5.41. The van der Waals surface area contributed by atoms with Crippen LogP contribution in [0.3, 0.4) is 0 Å². The number of fused-ring (bicyclic) bond motifs is 8. The third kappa shape index (κ3) is 5.51. The van der Waals surface area contributed by atoms with Crippen molar-refractivity contribution in [1.82, 2.24) is 4.98 Å². The zero-order chi connectivity index (χ0) is 40.7. The standard InChI is InChI=1S/C60H41N/c1-60(2)52-27-14-13-26-50(52)59-58(60)56(57-46-23-10-9-16-39(46)33-35-53(57)61-59)42-30-28-38(29-31-42)43-21-15-22-44(36-43)45-32-34-49-51(37-45)55(41-19-7-4-8-20-41)48-25-12-11-24-47(48)54(49)40-17-5-3-6-18-40/h3-37H,1-2H3. The van der Waals surface area contributed by atoms with Gasteiger partial charge in [0, 0.05) is 16.4 Å². The Labute approximate surface area is 356 Å². The fourth-order valence-electron chi connectivity index (χ4n) is 10.4. The number of rotatable bonds is 5. The second-order valence-corrected chi connectivity index (χ2v) is 17.0. The van der Waals surface area contributed by atoms with E-state index >= 15 is 0 Å². The summed E-state index contributed by atoms with van der Waals surface area (Å²) in [6.45, 7) is 4.72. The number of nitrogens with zero attached hydrogens (tertiary/aromatic N) is 1. The summed E-state index contributed by atoms with van der Waals surface area (Å²) in [7, 11) is 0. The van der Waals surface area contributed by atoms with Crippen molar-refractivity contribution in [2.75, 3.05) is 0 Å². The Bertz CT molecular complexity index is 3520. The van der Waals surface area contributed by atoms with Gasteiger partial charge in [-0.1, -0.05) is 208 Å². The van der Waals surface area contributed by atoms with Gasteiger partial charge in [0.1, 0.15) is 0 Å². The molecule has 0 unspecified atom stereocenters. The van der Waals surface area contributed by atoms with Crippen molar-refractivity contribution in [3.63, 3.8) is 0 Å². The molecular weight excluding hydrogens is 735 g/mol. The highest BCUT2D eigenvalue weighted by molar-refractivity contribution is 6.22. The molecule has 0 radical (unpaired) electrons. The van der Waals surface area contributed by atoms with Crippen LogP contribution >= 0.6 is 0 Å². The molecule has 1 aromatic heterocycles. The topological polar surface area (TPSA) is 12.9 Å². The summed E-state index contributed by atoms with van der Waals surface area (Å²) < 4.78 is 0. The van der Waals surface area contributed by atoms with Gasteiger partial charge in [0.05, 0.1) is 11.2 Å². The largest absolute Gasteiger partial charge is 0.247 e. The summed E-state index contributed by atoms with van der Waals surface area (Å²) >= 11 is 0. The molecule has 10 aromatic carbocycles. The van der Waals surface area contributed by atoms with Crippen molar-refractivity contribution in [3.8, 4) is 66.9 Å². The summed E-state index contributed by atoms with van der Waals surface area (Å²) in [6, 6.07) is 78.0. The molecule has 0 atom stereocenters. The van der Waals surface area contributed by atoms with Gasteiger partial charge < -0.3 is 0 Å². The lowest BCUT2D eigenvalue weighted by Gasteiger charge is -2.25. The number of pyridine rings is 1. The highest BCUT2D eigenvalue weighted by atomic mass is 14.7. The van der Waals surface area contributed by atoms with Crippen LogP contribution in [0.25, 0.3) is 110 Å². The van der Waals surface area contributed by atoms with Crippen molar-refractivity contribution >= 4 is 43.2 Å². The quantitative estimate of drug-likeness (QED) is 0.125. The fraction of sp³-hybridized carbons (Fsp3) is 0.0500. The van der Waals surface area contributed by atoms with Crippen LogP contribution < -0.4 is 0 Å². The fourth-order valence-corrected chi connectivity index (χ4v) is 10.4. The molecule has 0 spiro atoms. The molecule has 0 amide bonds. The molecule has 286 valence electrons. The Kier molecular flexibility index (Phi) is 7.95. The van der Waals surface area contributed by atoms with E-state index in [2.05, 4.69) is 226 Å². The van der Waals surface area contributed by atoms with Crippen LogP contribution in [0.15, 0.2) is 212 Å². The molecular formula is C60H41N. The molecule has 0 N–H and O–H groups in total. The molecule has 61 heavy (non-hydrogen) atoms. The van der Waals surface area contributed by atoms with Gasteiger partial charge in [-0.05, 0) is 117 Å². The van der Waals surface area contributed by atoms with Gasteiger partial charge in [-0.15, -0.1) is 0 Å². The second kappa shape index (κ2) is 13.7. The van der Waals surface area contributed by atoms with Gasteiger partial charge in [-0.3, -0.25) is 0 Å². The molecule has 0 aliphatic heterocycles. The van der Waals surface area contributed by atoms with Crippen molar-refractivity contribution in [3.05, 3.63) is 223 Å². The molecule has 0 saturated heterocycles. The van der Waals surface area contributed by atoms with Crippen LogP contribution in [0.5, 0.6) is 0 Å². The molecule has 1 nitrogen and oxygen atoms in total. The molecule has 0 saturated carbocycles. The molecule has 0 fully saturated rings. The minimum absolute atomic E-state index is 0.208. The predicted octanol–water partition coefficient (Wildman–Crippen LogP) is 16.3. The molecule has 1 aliphatic rings. The zero-order valence-electron chi connectivity index (χ0n) is 34.2. The lowest BCUT2D eigenvalue weighted by atomic mass is 9.78. The number of hydrogen-bond donors (Lipinski definition) is 0. The first kappa shape index (κ1) is 35.3. The molecule has 1 aliphatic carbocycles. The van der Waals surface area contributed by atoms with Crippen LogP contribution in [-0.2, 0) is 5.41 Å². The van der Waals surface area contributed by atoms with Gasteiger partial charge >= 0.3 is 0 Å². The van der Waals surface area contributed by atoms with E-state index in [4.69, 9.17) is 4.98 Å². The average molecular weight is 776 g/mol. The molecule has 1 heteroatoms. The Hall–Kier alpha value is -7.61. The first-order chi connectivity index (χ1) is 30.0. The average Bonchev–Trinajstić information content (AvgIpc) is 3.55. The van der Waals surface area contributed by atoms with E-state index in [9.17, 15) is 0 Å². The highest BCUT2D eigenvalue weighted by Gasteiger charge is 2.39. The SMILES string of the molecule is CC1(C)c2ccccc2-c2nc3ccc4ccccc4c3c(-c3ccc(-c4cccc(-c5ccc6c(-c7ccccc7)c7ccccc7c(-c7ccccc7)c6c5)c4)cc3)c21. The predicted molar refractivity (Wildman–Crippen MR) is 259 cm³/mol. The third-order valence-electron chi connectivity index (χ3n) is 13.2. The molecule has 0 bridgehead atoms. The van der Waals surface area contributed by atoms with Gasteiger partial charge in [0.15, 0.2) is 0 Å². The van der Waals surface area contributed by atoms with Crippen LogP contribution in [0.4, 0.5) is 0 Å². The minimum Gasteiger partial charge on any atom is -0.247 e. The summed E-state index contributed by atoms with van der Waals surface area (Å²) in [5, 5.41) is 8.74. The second-order valence-electron chi connectivity index (χ2n) is 17.0. The zero-order valence-corrected chi connectivity index (χ0v) is 34.2. The lowest BCUT2D eigenvalue weighted by Crippen LogP contribution is -2.16. The summed E-state index contributed by atoms with van der Waals surface area (Å²) in [5.74, 6) is 0. The first-order valence-electron chi connectivity index (χ1n) is 21.3.